The summed E-state index contributed by atoms with van der Waals surface area (Å²) in [5.41, 5.74) is 0.00697. The first kappa shape index (κ1) is 12.4. The van der Waals surface area contributed by atoms with Crippen LogP contribution in [0.1, 0.15) is 30.6 Å². The van der Waals surface area contributed by atoms with E-state index in [0.717, 1.165) is 6.29 Å². The molecule has 0 aromatic heterocycles. The third-order valence-electron chi connectivity index (χ3n) is 2.35. The number of hydrogen-bond donors (Lipinski definition) is 0. The van der Waals surface area contributed by atoms with E-state index in [-0.39, 0.29) is 12.2 Å². The molecule has 0 saturated carbocycles. The van der Waals surface area contributed by atoms with Gasteiger partial charge in [-0.2, -0.15) is 0 Å². The van der Waals surface area contributed by atoms with E-state index in [9.17, 15) is 9.59 Å². The van der Waals surface area contributed by atoms with Gasteiger partial charge in [-0.15, -0.1) is 0 Å². The zero-order valence-corrected chi connectivity index (χ0v) is 9.82. The smallest absolute Gasteiger partial charge is 0.163 e. The average Bonchev–Trinajstić information content (AvgIpc) is 2.28. The van der Waals surface area contributed by atoms with Gasteiger partial charge in [-0.1, -0.05) is 13.8 Å². The Bertz CT molecular complexity index is 377. The third-order valence-corrected chi connectivity index (χ3v) is 2.35. The lowest BCUT2D eigenvalue weighted by molar-refractivity contribution is -0.114. The minimum absolute atomic E-state index is 0.0280. The number of carbonyl (C=O) groups excluding carboxylic acids is 2. The highest BCUT2D eigenvalue weighted by Crippen LogP contribution is 2.21. The lowest BCUT2D eigenvalue weighted by Gasteiger charge is -2.15. The molecule has 0 heterocycles. The van der Waals surface area contributed by atoms with Crippen molar-refractivity contribution in [3.8, 4) is 5.75 Å². The molecule has 3 heteroatoms. The topological polar surface area (TPSA) is 43.4 Å². The van der Waals surface area contributed by atoms with Crippen molar-refractivity contribution in [3.05, 3.63) is 29.8 Å². The fourth-order valence-corrected chi connectivity index (χ4v) is 1.33. The van der Waals surface area contributed by atoms with Gasteiger partial charge in [-0.05, 0) is 24.3 Å². The molecule has 86 valence electrons. The van der Waals surface area contributed by atoms with Crippen molar-refractivity contribution < 1.29 is 14.3 Å². The fraction of sp³-hybridized carbons (Fsp3) is 0.385. The molecule has 0 unspecified atom stereocenters. The molecule has 0 aliphatic carbocycles. The number of ketones is 1. The number of ether oxygens (including phenoxy) is 1. The summed E-state index contributed by atoms with van der Waals surface area (Å²) < 4.78 is 5.00. The highest BCUT2D eigenvalue weighted by Gasteiger charge is 2.21. The summed E-state index contributed by atoms with van der Waals surface area (Å²) in [7, 11) is 1.58. The number of rotatable bonds is 5. The van der Waals surface area contributed by atoms with E-state index in [0.29, 0.717) is 11.3 Å². The van der Waals surface area contributed by atoms with Crippen LogP contribution in [-0.4, -0.2) is 19.2 Å². The Balaban J connectivity index is 2.77. The van der Waals surface area contributed by atoms with Crippen molar-refractivity contribution in [2.75, 3.05) is 7.11 Å². The number of methoxy groups -OCH3 is 1. The average molecular weight is 220 g/mol. The van der Waals surface area contributed by atoms with Gasteiger partial charge in [-0.25, -0.2) is 0 Å². The Hall–Kier alpha value is -1.64. The summed E-state index contributed by atoms with van der Waals surface area (Å²) in [6, 6.07) is 6.90. The van der Waals surface area contributed by atoms with Crippen LogP contribution in [0.4, 0.5) is 0 Å². The van der Waals surface area contributed by atoms with E-state index in [1.165, 1.54) is 0 Å². The van der Waals surface area contributed by atoms with Crippen molar-refractivity contribution in [1.29, 1.82) is 0 Å². The number of benzene rings is 1. The molecule has 1 rings (SSSR count). The van der Waals surface area contributed by atoms with E-state index < -0.39 is 5.41 Å². The predicted octanol–water partition coefficient (Wildman–Crippen LogP) is 2.49. The molecule has 16 heavy (non-hydrogen) atoms. The van der Waals surface area contributed by atoms with Crippen molar-refractivity contribution in [1.82, 2.24) is 0 Å². The Labute approximate surface area is 95.4 Å². The van der Waals surface area contributed by atoms with Gasteiger partial charge in [0.15, 0.2) is 5.78 Å². The van der Waals surface area contributed by atoms with Crippen LogP contribution < -0.4 is 4.74 Å². The first-order valence-electron chi connectivity index (χ1n) is 5.12. The number of aldehydes is 1. The van der Waals surface area contributed by atoms with Crippen LogP contribution >= 0.6 is 0 Å². The normalized spacial score (nSPS) is 10.9. The molecule has 1 aromatic rings. The second kappa shape index (κ2) is 4.92. The Morgan fingerprint density at radius 3 is 2.31 bits per heavy atom. The molecule has 0 N–H and O–H groups in total. The molecule has 1 aromatic carbocycles. The Morgan fingerprint density at radius 2 is 1.88 bits per heavy atom. The maximum Gasteiger partial charge on any atom is 0.163 e. The second-order valence-electron chi connectivity index (χ2n) is 4.43. The SMILES string of the molecule is COc1ccc(C(=O)CC(C)(C)C=O)cc1. The van der Waals surface area contributed by atoms with E-state index in [1.54, 1.807) is 45.2 Å². The van der Waals surface area contributed by atoms with E-state index in [4.69, 9.17) is 4.74 Å². The first-order valence-corrected chi connectivity index (χ1v) is 5.12. The Morgan fingerprint density at radius 1 is 1.31 bits per heavy atom. The van der Waals surface area contributed by atoms with Crippen molar-refractivity contribution in [3.63, 3.8) is 0 Å². The summed E-state index contributed by atoms with van der Waals surface area (Å²) in [6.45, 7) is 3.50. The molecule has 0 aliphatic rings. The number of hydrogen-bond acceptors (Lipinski definition) is 3. The summed E-state index contributed by atoms with van der Waals surface area (Å²) in [5, 5.41) is 0. The molecule has 0 bridgehead atoms. The molecule has 0 amide bonds. The lowest BCUT2D eigenvalue weighted by atomic mass is 9.87. The summed E-state index contributed by atoms with van der Waals surface area (Å²) >= 11 is 0. The van der Waals surface area contributed by atoms with Gasteiger partial charge >= 0.3 is 0 Å². The molecule has 0 radical (unpaired) electrons. The zero-order valence-electron chi connectivity index (χ0n) is 9.82. The minimum Gasteiger partial charge on any atom is -0.497 e. The highest BCUT2D eigenvalue weighted by molar-refractivity contribution is 5.97. The molecule has 0 spiro atoms. The van der Waals surface area contributed by atoms with Crippen LogP contribution in [-0.2, 0) is 4.79 Å². The fourth-order valence-electron chi connectivity index (χ4n) is 1.33. The van der Waals surface area contributed by atoms with Crippen molar-refractivity contribution in [2.45, 2.75) is 20.3 Å². The standard InChI is InChI=1S/C13H16O3/c1-13(2,9-14)8-12(15)10-4-6-11(16-3)7-5-10/h4-7,9H,8H2,1-3H3. The van der Waals surface area contributed by atoms with Crippen molar-refractivity contribution >= 4 is 12.1 Å². The number of Topliss-reactive ketones (excluding diaryl/α,β-unsaturated/α-hetero) is 1. The summed E-state index contributed by atoms with van der Waals surface area (Å²) in [4.78, 5) is 22.5. The molecular formula is C13H16O3. The van der Waals surface area contributed by atoms with E-state index in [2.05, 4.69) is 0 Å². The van der Waals surface area contributed by atoms with Crippen LogP contribution in [0.3, 0.4) is 0 Å². The number of carbonyl (C=O) groups is 2. The largest absolute Gasteiger partial charge is 0.497 e. The van der Waals surface area contributed by atoms with Gasteiger partial charge < -0.3 is 9.53 Å². The maximum absolute atomic E-state index is 11.8. The quantitative estimate of drug-likeness (QED) is 0.565. The molecular weight excluding hydrogens is 204 g/mol. The van der Waals surface area contributed by atoms with Crippen LogP contribution in [0.5, 0.6) is 5.75 Å². The van der Waals surface area contributed by atoms with Gasteiger partial charge in [0.2, 0.25) is 0 Å². The van der Waals surface area contributed by atoms with E-state index in [1.807, 2.05) is 0 Å². The van der Waals surface area contributed by atoms with Gasteiger partial charge in [0.05, 0.1) is 7.11 Å². The van der Waals surface area contributed by atoms with Crippen molar-refractivity contribution in [2.24, 2.45) is 5.41 Å². The lowest BCUT2D eigenvalue weighted by Crippen LogP contribution is -2.18. The van der Waals surface area contributed by atoms with Gasteiger partial charge in [0.25, 0.3) is 0 Å². The summed E-state index contributed by atoms with van der Waals surface area (Å²) in [5.74, 6) is 0.686. The van der Waals surface area contributed by atoms with Crippen LogP contribution in [0.25, 0.3) is 0 Å². The molecule has 0 saturated heterocycles. The van der Waals surface area contributed by atoms with Crippen LogP contribution in [0.2, 0.25) is 0 Å². The Kier molecular flexibility index (Phi) is 3.82. The molecule has 0 atom stereocenters. The minimum atomic E-state index is -0.600. The first-order chi connectivity index (χ1) is 7.48. The van der Waals surface area contributed by atoms with Crippen LogP contribution in [0, 0.1) is 5.41 Å². The van der Waals surface area contributed by atoms with Gasteiger partial charge in [0.1, 0.15) is 12.0 Å². The monoisotopic (exact) mass is 220 g/mol. The van der Waals surface area contributed by atoms with Gasteiger partial charge in [-0.3, -0.25) is 4.79 Å². The summed E-state index contributed by atoms with van der Waals surface area (Å²) in [6.07, 6.45) is 1.04. The van der Waals surface area contributed by atoms with E-state index >= 15 is 0 Å². The van der Waals surface area contributed by atoms with Crippen LogP contribution in [0.15, 0.2) is 24.3 Å². The third kappa shape index (κ3) is 3.19. The highest BCUT2D eigenvalue weighted by atomic mass is 16.5. The second-order valence-corrected chi connectivity index (χ2v) is 4.43. The predicted molar refractivity (Wildman–Crippen MR) is 61.8 cm³/mol. The zero-order chi connectivity index (χ0) is 12.2. The van der Waals surface area contributed by atoms with Gasteiger partial charge in [0, 0.05) is 17.4 Å². The molecule has 3 nitrogen and oxygen atoms in total. The molecule has 0 fully saturated rings. The maximum atomic E-state index is 11.8. The molecule has 0 aliphatic heterocycles.